The molecule has 1 fully saturated rings. The summed E-state index contributed by atoms with van der Waals surface area (Å²) in [7, 11) is 1.60. The minimum Gasteiger partial charge on any atom is -0.497 e. The summed E-state index contributed by atoms with van der Waals surface area (Å²) in [5.41, 5.74) is 6.58. The number of nitrogens with two attached hydrogens (primary N) is 1. The molecule has 1 aromatic rings. The number of methoxy groups -OCH3 is 1. The Bertz CT molecular complexity index is 473. The second kappa shape index (κ2) is 7.85. The van der Waals surface area contributed by atoms with Crippen LogP contribution < -0.4 is 15.2 Å². The van der Waals surface area contributed by atoms with Crippen molar-refractivity contribution in [1.82, 2.24) is 4.90 Å². The van der Waals surface area contributed by atoms with Gasteiger partial charge < -0.3 is 24.8 Å². The van der Waals surface area contributed by atoms with E-state index in [1.54, 1.807) is 18.1 Å². The van der Waals surface area contributed by atoms with Crippen molar-refractivity contribution >= 4 is 5.91 Å². The van der Waals surface area contributed by atoms with E-state index in [1.165, 1.54) is 0 Å². The summed E-state index contributed by atoms with van der Waals surface area (Å²) < 4.78 is 16.1. The fraction of sp³-hybridized carbons (Fsp3) is 0.533. The first-order valence-electron chi connectivity index (χ1n) is 7.10. The van der Waals surface area contributed by atoms with Gasteiger partial charge in [0.1, 0.15) is 11.5 Å². The molecule has 0 aliphatic carbocycles. The van der Waals surface area contributed by atoms with Gasteiger partial charge in [-0.3, -0.25) is 4.79 Å². The van der Waals surface area contributed by atoms with Crippen LogP contribution in [0.5, 0.6) is 11.5 Å². The largest absolute Gasteiger partial charge is 0.497 e. The van der Waals surface area contributed by atoms with Gasteiger partial charge in [-0.15, -0.1) is 0 Å². The zero-order valence-corrected chi connectivity index (χ0v) is 12.3. The molecule has 0 saturated carbocycles. The third-order valence-corrected chi connectivity index (χ3v) is 3.40. The summed E-state index contributed by atoms with van der Waals surface area (Å²) in [5, 5.41) is 0. The van der Waals surface area contributed by atoms with Crippen LogP contribution in [0.15, 0.2) is 18.2 Å². The molecule has 1 saturated heterocycles. The van der Waals surface area contributed by atoms with Crippen molar-refractivity contribution in [3.63, 3.8) is 0 Å². The van der Waals surface area contributed by atoms with Crippen molar-refractivity contribution in [3.8, 4) is 11.5 Å². The molecule has 2 N–H and O–H groups in total. The summed E-state index contributed by atoms with van der Waals surface area (Å²) in [6.45, 7) is 2.96. The molecule has 1 aromatic carbocycles. The molecule has 1 amide bonds. The number of ether oxygens (including phenoxy) is 3. The van der Waals surface area contributed by atoms with Gasteiger partial charge in [-0.1, -0.05) is 6.07 Å². The number of hydrogen-bond donors (Lipinski definition) is 1. The first kappa shape index (κ1) is 15.6. The molecule has 116 valence electrons. The predicted octanol–water partition coefficient (Wildman–Crippen LogP) is 0.434. The summed E-state index contributed by atoms with van der Waals surface area (Å²) in [6.07, 6.45) is 0.699. The van der Waals surface area contributed by atoms with Crippen LogP contribution in [-0.2, 0) is 16.0 Å². The van der Waals surface area contributed by atoms with Gasteiger partial charge in [0.25, 0.3) is 5.91 Å². The van der Waals surface area contributed by atoms with E-state index in [2.05, 4.69) is 0 Å². The molecule has 0 bridgehead atoms. The van der Waals surface area contributed by atoms with E-state index in [4.69, 9.17) is 19.9 Å². The Morgan fingerprint density at radius 2 is 2.14 bits per heavy atom. The molecule has 6 nitrogen and oxygen atoms in total. The quantitative estimate of drug-likeness (QED) is 0.824. The third kappa shape index (κ3) is 4.34. The van der Waals surface area contributed by atoms with Crippen molar-refractivity contribution in [2.75, 3.05) is 46.6 Å². The first-order chi connectivity index (χ1) is 10.2. The van der Waals surface area contributed by atoms with Crippen LogP contribution in [-0.4, -0.2) is 57.4 Å². The van der Waals surface area contributed by atoms with Crippen LogP contribution >= 0.6 is 0 Å². The van der Waals surface area contributed by atoms with Crippen LogP contribution in [0.25, 0.3) is 0 Å². The lowest BCUT2D eigenvalue weighted by atomic mass is 10.1. The molecule has 0 unspecified atom stereocenters. The summed E-state index contributed by atoms with van der Waals surface area (Å²) in [5.74, 6) is 1.32. The minimum atomic E-state index is -0.0279. The number of benzene rings is 1. The van der Waals surface area contributed by atoms with Crippen molar-refractivity contribution in [2.45, 2.75) is 6.42 Å². The predicted molar refractivity (Wildman–Crippen MR) is 78.6 cm³/mol. The maximum absolute atomic E-state index is 12.1. The van der Waals surface area contributed by atoms with E-state index >= 15 is 0 Å². The number of rotatable bonds is 6. The Hall–Kier alpha value is -1.79. The van der Waals surface area contributed by atoms with E-state index in [9.17, 15) is 4.79 Å². The average Bonchev–Trinajstić information content (AvgIpc) is 2.54. The Labute approximate surface area is 124 Å². The van der Waals surface area contributed by atoms with Gasteiger partial charge in [0.2, 0.25) is 0 Å². The smallest absolute Gasteiger partial charge is 0.260 e. The van der Waals surface area contributed by atoms with Crippen LogP contribution in [0.4, 0.5) is 0 Å². The minimum absolute atomic E-state index is 0.0186. The van der Waals surface area contributed by atoms with Gasteiger partial charge >= 0.3 is 0 Å². The Morgan fingerprint density at radius 1 is 1.38 bits per heavy atom. The van der Waals surface area contributed by atoms with Gasteiger partial charge in [0, 0.05) is 19.2 Å². The van der Waals surface area contributed by atoms with Gasteiger partial charge in [-0.25, -0.2) is 0 Å². The number of hydrogen-bond acceptors (Lipinski definition) is 5. The van der Waals surface area contributed by atoms with E-state index < -0.39 is 0 Å². The van der Waals surface area contributed by atoms with Crippen LogP contribution in [0.1, 0.15) is 5.56 Å². The number of nitrogens with zero attached hydrogens (tertiary/aromatic N) is 1. The zero-order chi connectivity index (χ0) is 15.1. The summed E-state index contributed by atoms with van der Waals surface area (Å²) in [4.78, 5) is 13.8. The molecule has 0 spiro atoms. The topological polar surface area (TPSA) is 74.0 Å². The highest BCUT2D eigenvalue weighted by molar-refractivity contribution is 5.77. The second-order valence-electron chi connectivity index (χ2n) is 4.79. The molecule has 0 atom stereocenters. The lowest BCUT2D eigenvalue weighted by Crippen LogP contribution is -2.43. The molecular weight excluding hydrogens is 272 g/mol. The highest BCUT2D eigenvalue weighted by atomic mass is 16.5. The Morgan fingerprint density at radius 3 is 2.81 bits per heavy atom. The van der Waals surface area contributed by atoms with Crippen molar-refractivity contribution in [1.29, 1.82) is 0 Å². The molecule has 1 aliphatic rings. The fourth-order valence-corrected chi connectivity index (χ4v) is 2.20. The van der Waals surface area contributed by atoms with Gasteiger partial charge in [0.05, 0.1) is 20.3 Å². The van der Waals surface area contributed by atoms with Crippen LogP contribution in [0.3, 0.4) is 0 Å². The van der Waals surface area contributed by atoms with Crippen LogP contribution in [0.2, 0.25) is 0 Å². The maximum Gasteiger partial charge on any atom is 0.260 e. The number of amides is 1. The number of morpholine rings is 1. The second-order valence-corrected chi connectivity index (χ2v) is 4.79. The van der Waals surface area contributed by atoms with Crippen molar-refractivity contribution in [2.24, 2.45) is 5.73 Å². The highest BCUT2D eigenvalue weighted by Crippen LogP contribution is 2.25. The summed E-state index contributed by atoms with van der Waals surface area (Å²) >= 11 is 0. The molecule has 6 heteroatoms. The molecule has 0 radical (unpaired) electrons. The Balaban J connectivity index is 1.98. The fourth-order valence-electron chi connectivity index (χ4n) is 2.20. The third-order valence-electron chi connectivity index (χ3n) is 3.40. The van der Waals surface area contributed by atoms with Crippen LogP contribution in [0, 0.1) is 0 Å². The molecule has 2 rings (SSSR count). The summed E-state index contributed by atoms with van der Waals surface area (Å²) in [6, 6.07) is 5.57. The molecule has 0 aromatic heterocycles. The zero-order valence-electron chi connectivity index (χ0n) is 12.3. The average molecular weight is 294 g/mol. The molecule has 1 aliphatic heterocycles. The highest BCUT2D eigenvalue weighted by Gasteiger charge is 2.17. The standard InChI is InChI=1S/C15H22N2O4/c1-19-13-3-2-12(4-5-16)14(10-13)21-11-15(18)17-6-8-20-9-7-17/h2-3,10H,4-9,11,16H2,1H3. The lowest BCUT2D eigenvalue weighted by molar-refractivity contribution is -0.137. The molecule has 1 heterocycles. The number of carbonyl (C=O) groups excluding carboxylic acids is 1. The molecular formula is C15H22N2O4. The van der Waals surface area contributed by atoms with Gasteiger partial charge in [0.15, 0.2) is 6.61 Å². The molecule has 21 heavy (non-hydrogen) atoms. The van der Waals surface area contributed by atoms with E-state index in [1.807, 2.05) is 12.1 Å². The Kier molecular flexibility index (Phi) is 5.83. The van der Waals surface area contributed by atoms with E-state index in [0.717, 1.165) is 5.56 Å². The number of carbonyl (C=O) groups is 1. The van der Waals surface area contributed by atoms with E-state index in [-0.39, 0.29) is 12.5 Å². The monoisotopic (exact) mass is 294 g/mol. The normalized spacial score (nSPS) is 14.9. The maximum atomic E-state index is 12.1. The SMILES string of the molecule is COc1ccc(CCN)c(OCC(=O)N2CCOCC2)c1. The lowest BCUT2D eigenvalue weighted by Gasteiger charge is -2.26. The van der Waals surface area contributed by atoms with Crippen molar-refractivity contribution < 1.29 is 19.0 Å². The first-order valence-corrected chi connectivity index (χ1v) is 7.10. The van der Waals surface area contributed by atoms with Crippen molar-refractivity contribution in [3.05, 3.63) is 23.8 Å². The van der Waals surface area contributed by atoms with Gasteiger partial charge in [-0.05, 0) is 24.6 Å². The van der Waals surface area contributed by atoms with E-state index in [0.29, 0.717) is 50.8 Å². The van der Waals surface area contributed by atoms with Gasteiger partial charge in [-0.2, -0.15) is 0 Å².